The summed E-state index contributed by atoms with van der Waals surface area (Å²) >= 11 is 13.8. The van der Waals surface area contributed by atoms with Gasteiger partial charge in [0.2, 0.25) is 4.80 Å². The molecule has 0 aliphatic heterocycles. The molecule has 0 spiro atoms. The standard InChI is InChI=1S/C23H19Cl2N3O2S/c1-28-19-5-3-4-6-22(19)31-23(28)27-26-13-15-7-10-20(21(11-15)29-2)30-14-16-8-9-17(24)12-18(16)25/h3-13H,14H2,1-2H3/b26-13-,27-23+. The Bertz CT molecular complexity index is 1330. The van der Waals surface area contributed by atoms with Gasteiger partial charge in [-0.1, -0.05) is 52.7 Å². The molecule has 0 N–H and O–H groups in total. The SMILES string of the molecule is COc1cc(/C=N\N=c2\sc3ccccc3n2C)ccc1OCc1ccc(Cl)cc1Cl. The zero-order valence-corrected chi connectivity index (χ0v) is 19.2. The Morgan fingerprint density at radius 3 is 2.65 bits per heavy atom. The third kappa shape index (κ3) is 4.93. The first-order valence-corrected chi connectivity index (χ1v) is 11.0. The Morgan fingerprint density at radius 2 is 1.87 bits per heavy atom. The summed E-state index contributed by atoms with van der Waals surface area (Å²) in [6.45, 7) is 0.303. The Balaban J connectivity index is 1.51. The quantitative estimate of drug-likeness (QED) is 0.253. The summed E-state index contributed by atoms with van der Waals surface area (Å²) < 4.78 is 14.6. The Labute approximate surface area is 193 Å². The molecule has 4 aromatic rings. The van der Waals surface area contributed by atoms with Crippen LogP contribution in [0.3, 0.4) is 0 Å². The molecule has 0 amide bonds. The molecule has 0 saturated heterocycles. The minimum absolute atomic E-state index is 0.303. The van der Waals surface area contributed by atoms with Crippen LogP contribution in [0.1, 0.15) is 11.1 Å². The van der Waals surface area contributed by atoms with Crippen LogP contribution >= 0.6 is 34.5 Å². The monoisotopic (exact) mass is 471 g/mol. The lowest BCUT2D eigenvalue weighted by molar-refractivity contribution is 0.284. The van der Waals surface area contributed by atoms with Gasteiger partial charge in [-0.15, -0.1) is 5.10 Å². The molecule has 1 aromatic heterocycles. The first kappa shape index (κ1) is 21.4. The van der Waals surface area contributed by atoms with Crippen molar-refractivity contribution in [1.82, 2.24) is 4.57 Å². The average Bonchev–Trinajstić information content (AvgIpc) is 3.09. The number of hydrogen-bond acceptors (Lipinski definition) is 5. The molecule has 0 bridgehead atoms. The van der Waals surface area contributed by atoms with Crippen LogP contribution in [0, 0.1) is 0 Å². The molecule has 0 fully saturated rings. The lowest BCUT2D eigenvalue weighted by Gasteiger charge is -2.12. The van der Waals surface area contributed by atoms with Crippen LogP contribution in [-0.4, -0.2) is 17.9 Å². The fraction of sp³-hybridized carbons (Fsp3) is 0.130. The van der Waals surface area contributed by atoms with Gasteiger partial charge in [-0.2, -0.15) is 5.10 Å². The van der Waals surface area contributed by atoms with E-state index in [2.05, 4.69) is 22.3 Å². The Morgan fingerprint density at radius 1 is 1.03 bits per heavy atom. The number of rotatable bonds is 6. The van der Waals surface area contributed by atoms with E-state index >= 15 is 0 Å². The molecule has 3 aromatic carbocycles. The zero-order chi connectivity index (χ0) is 21.8. The second-order valence-corrected chi connectivity index (χ2v) is 8.54. The van der Waals surface area contributed by atoms with Crippen molar-refractivity contribution in [2.45, 2.75) is 6.61 Å². The molecule has 0 atom stereocenters. The summed E-state index contributed by atoms with van der Waals surface area (Å²) in [7, 11) is 3.58. The summed E-state index contributed by atoms with van der Waals surface area (Å²) in [4.78, 5) is 0.823. The number of thiazole rings is 1. The van der Waals surface area contributed by atoms with Crippen LogP contribution in [0.15, 0.2) is 70.9 Å². The van der Waals surface area contributed by atoms with Gasteiger partial charge in [0.25, 0.3) is 0 Å². The van der Waals surface area contributed by atoms with Gasteiger partial charge in [0.05, 0.1) is 23.5 Å². The highest BCUT2D eigenvalue weighted by Crippen LogP contribution is 2.30. The molecule has 0 radical (unpaired) electrons. The lowest BCUT2D eigenvalue weighted by Crippen LogP contribution is -2.08. The topological polar surface area (TPSA) is 48.1 Å². The molecule has 8 heteroatoms. The molecular formula is C23H19Cl2N3O2S. The van der Waals surface area contributed by atoms with E-state index in [-0.39, 0.29) is 0 Å². The van der Waals surface area contributed by atoms with Crippen LogP contribution in [-0.2, 0) is 13.7 Å². The van der Waals surface area contributed by atoms with Gasteiger partial charge in [0.1, 0.15) is 6.61 Å². The molecule has 4 rings (SSSR count). The van der Waals surface area contributed by atoms with Gasteiger partial charge in [0, 0.05) is 22.7 Å². The van der Waals surface area contributed by atoms with Crippen molar-refractivity contribution in [2.24, 2.45) is 17.3 Å². The highest BCUT2D eigenvalue weighted by Gasteiger charge is 2.08. The van der Waals surface area contributed by atoms with Crippen molar-refractivity contribution in [3.05, 3.63) is 86.6 Å². The largest absolute Gasteiger partial charge is 0.493 e. The molecule has 0 aliphatic rings. The zero-order valence-electron chi connectivity index (χ0n) is 16.9. The molecule has 158 valence electrons. The van der Waals surface area contributed by atoms with Crippen LogP contribution in [0.5, 0.6) is 11.5 Å². The third-order valence-corrected chi connectivity index (χ3v) is 6.34. The van der Waals surface area contributed by atoms with Crippen LogP contribution < -0.4 is 14.3 Å². The number of aryl methyl sites for hydroxylation is 1. The molecular weight excluding hydrogens is 453 g/mol. The number of hydrogen-bond donors (Lipinski definition) is 0. The van der Waals surface area contributed by atoms with Gasteiger partial charge in [-0.25, -0.2) is 0 Å². The Kier molecular flexibility index (Phi) is 6.61. The predicted octanol–water partition coefficient (Wildman–Crippen LogP) is 6.07. The summed E-state index contributed by atoms with van der Waals surface area (Å²) in [5, 5.41) is 9.76. The smallest absolute Gasteiger partial charge is 0.211 e. The number of fused-ring (bicyclic) bond motifs is 1. The van der Waals surface area contributed by atoms with Crippen LogP contribution in [0.4, 0.5) is 0 Å². The second-order valence-electron chi connectivity index (χ2n) is 6.69. The van der Waals surface area contributed by atoms with Gasteiger partial charge in [-0.05, 0) is 48.0 Å². The summed E-state index contributed by atoms with van der Waals surface area (Å²) in [5.74, 6) is 1.21. The molecule has 0 unspecified atom stereocenters. The number of aromatic nitrogens is 1. The van der Waals surface area contributed by atoms with E-state index < -0.39 is 0 Å². The number of nitrogens with zero attached hydrogens (tertiary/aromatic N) is 3. The summed E-state index contributed by atoms with van der Waals surface area (Å²) in [5.41, 5.74) is 2.82. The highest BCUT2D eigenvalue weighted by molar-refractivity contribution is 7.16. The Hall–Kier alpha value is -2.80. The van der Waals surface area contributed by atoms with E-state index in [1.807, 2.05) is 48.0 Å². The molecule has 5 nitrogen and oxygen atoms in total. The second kappa shape index (κ2) is 9.56. The average molecular weight is 472 g/mol. The molecule has 1 heterocycles. The minimum Gasteiger partial charge on any atom is -0.493 e. The maximum Gasteiger partial charge on any atom is 0.211 e. The van der Waals surface area contributed by atoms with E-state index in [1.54, 1.807) is 36.8 Å². The van der Waals surface area contributed by atoms with Crippen molar-refractivity contribution < 1.29 is 9.47 Å². The number of para-hydroxylation sites is 1. The van der Waals surface area contributed by atoms with E-state index in [9.17, 15) is 0 Å². The fourth-order valence-corrected chi connectivity index (χ4v) is 4.44. The lowest BCUT2D eigenvalue weighted by atomic mass is 10.2. The van der Waals surface area contributed by atoms with Gasteiger partial charge < -0.3 is 14.0 Å². The normalized spacial score (nSPS) is 12.1. The predicted molar refractivity (Wildman–Crippen MR) is 128 cm³/mol. The number of methoxy groups -OCH3 is 1. The number of benzene rings is 3. The maximum atomic E-state index is 6.21. The van der Waals surface area contributed by atoms with E-state index in [1.165, 1.54) is 4.70 Å². The fourth-order valence-electron chi connectivity index (χ4n) is 3.00. The first-order chi connectivity index (χ1) is 15.0. The van der Waals surface area contributed by atoms with Gasteiger partial charge in [0.15, 0.2) is 11.5 Å². The molecule has 0 saturated carbocycles. The van der Waals surface area contributed by atoms with Gasteiger partial charge >= 0.3 is 0 Å². The minimum atomic E-state index is 0.303. The third-order valence-electron chi connectivity index (χ3n) is 4.65. The van der Waals surface area contributed by atoms with Crippen molar-refractivity contribution in [3.63, 3.8) is 0 Å². The molecule has 31 heavy (non-hydrogen) atoms. The highest BCUT2D eigenvalue weighted by atomic mass is 35.5. The van der Waals surface area contributed by atoms with E-state index in [4.69, 9.17) is 32.7 Å². The van der Waals surface area contributed by atoms with Crippen molar-refractivity contribution in [1.29, 1.82) is 0 Å². The summed E-state index contributed by atoms with van der Waals surface area (Å²) in [6.07, 6.45) is 1.69. The van der Waals surface area contributed by atoms with E-state index in [0.29, 0.717) is 28.2 Å². The van der Waals surface area contributed by atoms with Crippen molar-refractivity contribution in [2.75, 3.05) is 7.11 Å². The first-order valence-electron chi connectivity index (χ1n) is 9.41. The maximum absolute atomic E-state index is 6.21. The van der Waals surface area contributed by atoms with Crippen LogP contribution in [0.25, 0.3) is 10.2 Å². The van der Waals surface area contributed by atoms with Gasteiger partial charge in [-0.3, -0.25) is 0 Å². The number of ether oxygens (including phenoxy) is 2. The van der Waals surface area contributed by atoms with Crippen molar-refractivity contribution >= 4 is 51.0 Å². The summed E-state index contributed by atoms with van der Waals surface area (Å²) in [6, 6.07) is 19.1. The van der Waals surface area contributed by atoms with Crippen LogP contribution in [0.2, 0.25) is 10.0 Å². The van der Waals surface area contributed by atoms with Crippen molar-refractivity contribution in [3.8, 4) is 11.5 Å². The molecule has 0 aliphatic carbocycles. The number of halogens is 2. The van der Waals surface area contributed by atoms with E-state index in [0.717, 1.165) is 21.4 Å².